The van der Waals surface area contributed by atoms with Crippen molar-refractivity contribution in [3.63, 3.8) is 0 Å². The molecule has 0 unspecified atom stereocenters. The Morgan fingerprint density at radius 1 is 1.25 bits per heavy atom. The molecule has 0 spiro atoms. The van der Waals surface area contributed by atoms with Gasteiger partial charge in [-0.05, 0) is 32.3 Å². The van der Waals surface area contributed by atoms with Crippen molar-refractivity contribution in [2.75, 3.05) is 0 Å². The predicted molar refractivity (Wildman–Crippen MR) is 77.2 cm³/mol. The van der Waals surface area contributed by atoms with Crippen LogP contribution in [0.3, 0.4) is 0 Å². The van der Waals surface area contributed by atoms with Crippen molar-refractivity contribution in [3.05, 3.63) is 53.2 Å². The molecule has 4 nitrogen and oxygen atoms in total. The van der Waals surface area contributed by atoms with E-state index in [2.05, 4.69) is 22.4 Å². The van der Waals surface area contributed by atoms with Crippen molar-refractivity contribution in [1.82, 2.24) is 10.3 Å². The van der Waals surface area contributed by atoms with E-state index in [0.717, 1.165) is 24.3 Å². The van der Waals surface area contributed by atoms with Gasteiger partial charge in [0.25, 0.3) is 0 Å². The Morgan fingerprint density at radius 2 is 2.00 bits per heavy atom. The van der Waals surface area contributed by atoms with Crippen molar-refractivity contribution in [2.45, 2.75) is 39.7 Å². The smallest absolute Gasteiger partial charge is 0.220 e. The number of carbonyl (C=O) groups is 1. The van der Waals surface area contributed by atoms with E-state index in [9.17, 15) is 4.79 Å². The first-order valence-electron chi connectivity index (χ1n) is 6.88. The first kappa shape index (κ1) is 14.3. The number of rotatable bonds is 6. The number of nitrogens with zero attached hydrogens (tertiary/aromatic N) is 1. The summed E-state index contributed by atoms with van der Waals surface area (Å²) in [5.41, 5.74) is 2.14. The molecule has 2 rings (SSSR count). The van der Waals surface area contributed by atoms with E-state index in [1.165, 1.54) is 5.56 Å². The monoisotopic (exact) mass is 272 g/mol. The van der Waals surface area contributed by atoms with Gasteiger partial charge in [-0.3, -0.25) is 4.79 Å². The van der Waals surface area contributed by atoms with E-state index in [0.29, 0.717) is 18.9 Å². The number of aryl methyl sites for hydroxylation is 3. The van der Waals surface area contributed by atoms with E-state index in [4.69, 9.17) is 4.42 Å². The van der Waals surface area contributed by atoms with Gasteiger partial charge in [-0.15, -0.1) is 0 Å². The summed E-state index contributed by atoms with van der Waals surface area (Å²) in [5, 5.41) is 2.83. The average molecular weight is 272 g/mol. The molecule has 0 bridgehead atoms. The highest BCUT2D eigenvalue weighted by atomic mass is 16.4. The molecule has 0 saturated heterocycles. The first-order valence-corrected chi connectivity index (χ1v) is 6.88. The number of oxazole rings is 1. The van der Waals surface area contributed by atoms with E-state index in [-0.39, 0.29) is 5.91 Å². The molecule has 1 heterocycles. The summed E-state index contributed by atoms with van der Waals surface area (Å²) >= 11 is 0. The maximum atomic E-state index is 11.7. The van der Waals surface area contributed by atoms with E-state index < -0.39 is 0 Å². The van der Waals surface area contributed by atoms with Crippen LogP contribution in [0.1, 0.15) is 35.7 Å². The molecule has 20 heavy (non-hydrogen) atoms. The van der Waals surface area contributed by atoms with Gasteiger partial charge in [0.15, 0.2) is 0 Å². The summed E-state index contributed by atoms with van der Waals surface area (Å²) in [6.45, 7) is 4.12. The molecule has 1 aromatic heterocycles. The highest BCUT2D eigenvalue weighted by Gasteiger charge is 2.07. The van der Waals surface area contributed by atoms with Crippen LogP contribution < -0.4 is 5.32 Å². The van der Waals surface area contributed by atoms with Crippen molar-refractivity contribution < 1.29 is 9.21 Å². The quantitative estimate of drug-likeness (QED) is 0.879. The van der Waals surface area contributed by atoms with Crippen LogP contribution in [0, 0.1) is 13.8 Å². The van der Waals surface area contributed by atoms with Crippen LogP contribution in [0.25, 0.3) is 0 Å². The molecule has 0 aliphatic rings. The zero-order valence-electron chi connectivity index (χ0n) is 12.0. The number of hydrogen-bond acceptors (Lipinski definition) is 3. The highest BCUT2D eigenvalue weighted by molar-refractivity contribution is 5.75. The maximum absolute atomic E-state index is 11.7. The Morgan fingerprint density at radius 3 is 2.65 bits per heavy atom. The van der Waals surface area contributed by atoms with Crippen molar-refractivity contribution in [2.24, 2.45) is 0 Å². The van der Waals surface area contributed by atoms with Crippen LogP contribution in [-0.2, 0) is 17.8 Å². The number of carbonyl (C=O) groups excluding carboxylic acids is 1. The summed E-state index contributed by atoms with van der Waals surface area (Å²) in [6, 6.07) is 10.2. The second-order valence-electron chi connectivity index (χ2n) is 4.87. The van der Waals surface area contributed by atoms with Crippen molar-refractivity contribution >= 4 is 5.91 Å². The zero-order valence-corrected chi connectivity index (χ0v) is 12.0. The molecule has 1 N–H and O–H groups in total. The third-order valence-corrected chi connectivity index (χ3v) is 3.22. The summed E-state index contributed by atoms with van der Waals surface area (Å²) in [5.74, 6) is 1.41. The van der Waals surface area contributed by atoms with Crippen molar-refractivity contribution in [3.8, 4) is 0 Å². The summed E-state index contributed by atoms with van der Waals surface area (Å²) in [6.07, 6.45) is 2.29. The van der Waals surface area contributed by atoms with Gasteiger partial charge in [-0.2, -0.15) is 0 Å². The lowest BCUT2D eigenvalue weighted by Gasteiger charge is -2.03. The molecule has 0 aliphatic heterocycles. The maximum Gasteiger partial charge on any atom is 0.220 e. The largest absolute Gasteiger partial charge is 0.444 e. The molecule has 1 aromatic carbocycles. The first-order chi connectivity index (χ1) is 9.65. The van der Waals surface area contributed by atoms with E-state index in [1.807, 2.05) is 32.0 Å². The Balaban J connectivity index is 1.68. The second kappa shape index (κ2) is 6.89. The molecular formula is C16H20N2O2. The van der Waals surface area contributed by atoms with Crippen LogP contribution in [0.5, 0.6) is 0 Å². The Bertz CT molecular complexity index is 542. The van der Waals surface area contributed by atoms with Gasteiger partial charge in [0, 0.05) is 6.42 Å². The van der Waals surface area contributed by atoms with Gasteiger partial charge in [0.05, 0.1) is 12.2 Å². The van der Waals surface area contributed by atoms with Gasteiger partial charge in [-0.25, -0.2) is 4.98 Å². The molecule has 106 valence electrons. The van der Waals surface area contributed by atoms with Crippen LogP contribution in [-0.4, -0.2) is 10.9 Å². The summed E-state index contributed by atoms with van der Waals surface area (Å²) in [7, 11) is 0. The van der Waals surface area contributed by atoms with Crippen LogP contribution in [0.2, 0.25) is 0 Å². The second-order valence-corrected chi connectivity index (χ2v) is 4.87. The zero-order chi connectivity index (χ0) is 14.4. The van der Waals surface area contributed by atoms with Gasteiger partial charge in [0.1, 0.15) is 5.76 Å². The third kappa shape index (κ3) is 4.23. The Labute approximate surface area is 119 Å². The number of benzene rings is 1. The fraction of sp³-hybridized carbons (Fsp3) is 0.375. The van der Waals surface area contributed by atoms with Crippen LogP contribution >= 0.6 is 0 Å². The topological polar surface area (TPSA) is 55.1 Å². The molecule has 2 aromatic rings. The van der Waals surface area contributed by atoms with Gasteiger partial charge >= 0.3 is 0 Å². The molecule has 0 radical (unpaired) electrons. The predicted octanol–water partition coefficient (Wildman–Crippen LogP) is 2.93. The molecule has 1 amide bonds. The van der Waals surface area contributed by atoms with Crippen molar-refractivity contribution in [1.29, 1.82) is 0 Å². The lowest BCUT2D eigenvalue weighted by molar-refractivity contribution is -0.121. The SMILES string of the molecule is Cc1nc(CNC(=O)CCCc2ccccc2)oc1C. The molecule has 0 aliphatic carbocycles. The highest BCUT2D eigenvalue weighted by Crippen LogP contribution is 2.08. The fourth-order valence-electron chi connectivity index (χ4n) is 1.98. The molecule has 0 atom stereocenters. The molecule has 0 fully saturated rings. The molecular weight excluding hydrogens is 252 g/mol. The number of hydrogen-bond donors (Lipinski definition) is 1. The number of amides is 1. The summed E-state index contributed by atoms with van der Waals surface area (Å²) < 4.78 is 5.41. The third-order valence-electron chi connectivity index (χ3n) is 3.22. The van der Waals surface area contributed by atoms with E-state index >= 15 is 0 Å². The summed E-state index contributed by atoms with van der Waals surface area (Å²) in [4.78, 5) is 15.9. The van der Waals surface area contributed by atoms with Crippen LogP contribution in [0.4, 0.5) is 0 Å². The van der Waals surface area contributed by atoms with Gasteiger partial charge < -0.3 is 9.73 Å². The number of nitrogens with one attached hydrogen (secondary N) is 1. The normalized spacial score (nSPS) is 10.5. The molecule has 0 saturated carbocycles. The Hall–Kier alpha value is -2.10. The average Bonchev–Trinajstić information content (AvgIpc) is 2.77. The fourth-order valence-corrected chi connectivity index (χ4v) is 1.98. The van der Waals surface area contributed by atoms with Crippen LogP contribution in [0.15, 0.2) is 34.7 Å². The standard InChI is InChI=1S/C16H20N2O2/c1-12-13(2)20-16(18-12)11-17-15(19)10-6-9-14-7-4-3-5-8-14/h3-5,7-8H,6,9-11H2,1-2H3,(H,17,19). The van der Waals surface area contributed by atoms with E-state index in [1.54, 1.807) is 0 Å². The minimum absolute atomic E-state index is 0.0365. The minimum atomic E-state index is 0.0365. The lowest BCUT2D eigenvalue weighted by Crippen LogP contribution is -2.22. The Kier molecular flexibility index (Phi) is 4.93. The van der Waals surface area contributed by atoms with Gasteiger partial charge in [0.2, 0.25) is 11.8 Å². The lowest BCUT2D eigenvalue weighted by atomic mass is 10.1. The molecule has 4 heteroatoms. The minimum Gasteiger partial charge on any atom is -0.444 e. The number of aromatic nitrogens is 1. The van der Waals surface area contributed by atoms with Gasteiger partial charge in [-0.1, -0.05) is 30.3 Å².